The van der Waals surface area contributed by atoms with Crippen LogP contribution in [-0.2, 0) is 10.1 Å². The van der Waals surface area contributed by atoms with E-state index < -0.39 is 10.1 Å². The van der Waals surface area contributed by atoms with Crippen molar-refractivity contribution < 1.29 is 17.7 Å². The van der Waals surface area contributed by atoms with E-state index in [4.69, 9.17) is 15.0 Å². The van der Waals surface area contributed by atoms with Crippen molar-refractivity contribution in [1.82, 2.24) is 0 Å². The molecule has 1 rings (SSSR count). The van der Waals surface area contributed by atoms with Crippen LogP contribution >= 0.6 is 0 Å². The third-order valence-corrected chi connectivity index (χ3v) is 2.61. The lowest BCUT2D eigenvalue weighted by Crippen LogP contribution is -2.02. The van der Waals surface area contributed by atoms with Crippen LogP contribution in [0.3, 0.4) is 0 Å². The first-order chi connectivity index (χ1) is 6.36. The molecule has 0 spiro atoms. The maximum absolute atomic E-state index is 10.8. The standard InChI is InChI=1S/C8H11NO4S/c1-5-3-6(14(10,11)12)4-7(9)8(5)13-2/h3-4H,9H2,1-2H3,(H,10,11,12). The van der Waals surface area contributed by atoms with Gasteiger partial charge in [-0.1, -0.05) is 0 Å². The zero-order chi connectivity index (χ0) is 10.9. The second-order valence-electron chi connectivity index (χ2n) is 2.84. The molecule has 0 heterocycles. The van der Waals surface area contributed by atoms with Crippen LogP contribution in [0.1, 0.15) is 5.56 Å². The number of rotatable bonds is 2. The van der Waals surface area contributed by atoms with Crippen LogP contribution in [0.25, 0.3) is 0 Å². The van der Waals surface area contributed by atoms with Gasteiger partial charge in [0.25, 0.3) is 10.1 Å². The first-order valence-corrected chi connectivity index (χ1v) is 5.22. The summed E-state index contributed by atoms with van der Waals surface area (Å²) >= 11 is 0. The van der Waals surface area contributed by atoms with Gasteiger partial charge in [0.05, 0.1) is 17.7 Å². The Morgan fingerprint density at radius 2 is 2.00 bits per heavy atom. The summed E-state index contributed by atoms with van der Waals surface area (Å²) in [7, 11) is -2.77. The highest BCUT2D eigenvalue weighted by Crippen LogP contribution is 2.28. The Morgan fingerprint density at radius 1 is 1.43 bits per heavy atom. The lowest BCUT2D eigenvalue weighted by molar-refractivity contribution is 0.413. The fourth-order valence-corrected chi connectivity index (χ4v) is 1.80. The van der Waals surface area contributed by atoms with Crippen LogP contribution in [-0.4, -0.2) is 20.1 Å². The fourth-order valence-electron chi connectivity index (χ4n) is 1.19. The topological polar surface area (TPSA) is 89.6 Å². The Morgan fingerprint density at radius 3 is 2.36 bits per heavy atom. The monoisotopic (exact) mass is 217 g/mol. The van der Waals surface area contributed by atoms with E-state index in [9.17, 15) is 8.42 Å². The molecular weight excluding hydrogens is 206 g/mol. The number of ether oxygens (including phenoxy) is 1. The van der Waals surface area contributed by atoms with E-state index in [1.165, 1.54) is 13.2 Å². The van der Waals surface area contributed by atoms with E-state index >= 15 is 0 Å². The van der Waals surface area contributed by atoms with Crippen molar-refractivity contribution in [3.05, 3.63) is 17.7 Å². The molecule has 0 fully saturated rings. The molecule has 0 bridgehead atoms. The smallest absolute Gasteiger partial charge is 0.294 e. The molecule has 0 amide bonds. The molecular formula is C8H11NO4S. The summed E-state index contributed by atoms with van der Waals surface area (Å²) in [5.74, 6) is 0.414. The summed E-state index contributed by atoms with van der Waals surface area (Å²) < 4.78 is 35.3. The van der Waals surface area contributed by atoms with Crippen LogP contribution in [0.5, 0.6) is 5.75 Å². The molecule has 0 aliphatic carbocycles. The number of methoxy groups -OCH3 is 1. The largest absolute Gasteiger partial charge is 0.494 e. The van der Waals surface area contributed by atoms with Crippen molar-refractivity contribution in [2.45, 2.75) is 11.8 Å². The maximum Gasteiger partial charge on any atom is 0.294 e. The van der Waals surface area contributed by atoms with Crippen molar-refractivity contribution >= 4 is 15.8 Å². The Labute approximate surface area is 82.2 Å². The lowest BCUT2D eigenvalue weighted by atomic mass is 10.2. The van der Waals surface area contributed by atoms with E-state index in [2.05, 4.69) is 0 Å². The normalized spacial score (nSPS) is 11.4. The summed E-state index contributed by atoms with van der Waals surface area (Å²) in [6.45, 7) is 1.64. The fraction of sp³-hybridized carbons (Fsp3) is 0.250. The molecule has 0 saturated carbocycles. The minimum atomic E-state index is -4.21. The van der Waals surface area contributed by atoms with Crippen LogP contribution in [0, 0.1) is 6.92 Å². The molecule has 1 aromatic carbocycles. The van der Waals surface area contributed by atoms with E-state index in [-0.39, 0.29) is 10.6 Å². The average Bonchev–Trinajstić information content (AvgIpc) is 2.01. The van der Waals surface area contributed by atoms with Crippen molar-refractivity contribution in [2.24, 2.45) is 0 Å². The minimum absolute atomic E-state index is 0.181. The number of hydrogen-bond acceptors (Lipinski definition) is 4. The van der Waals surface area contributed by atoms with Crippen LogP contribution in [0.4, 0.5) is 5.69 Å². The highest BCUT2D eigenvalue weighted by molar-refractivity contribution is 7.85. The molecule has 6 heteroatoms. The van der Waals surface area contributed by atoms with E-state index in [1.807, 2.05) is 0 Å². The minimum Gasteiger partial charge on any atom is -0.494 e. The molecule has 5 nitrogen and oxygen atoms in total. The van der Waals surface area contributed by atoms with Crippen molar-refractivity contribution in [1.29, 1.82) is 0 Å². The Bertz CT molecular complexity index is 429. The van der Waals surface area contributed by atoms with Crippen molar-refractivity contribution in [3.63, 3.8) is 0 Å². The molecule has 0 aliphatic rings. The number of anilines is 1. The van der Waals surface area contributed by atoms with Gasteiger partial charge in [0.2, 0.25) is 0 Å². The summed E-state index contributed by atoms with van der Waals surface area (Å²) in [5.41, 5.74) is 6.27. The molecule has 78 valence electrons. The predicted molar refractivity (Wildman–Crippen MR) is 52.0 cm³/mol. The quantitative estimate of drug-likeness (QED) is 0.565. The Balaban J connectivity index is 3.43. The zero-order valence-electron chi connectivity index (χ0n) is 7.81. The number of aryl methyl sites for hydroxylation is 1. The molecule has 0 saturated heterocycles. The van der Waals surface area contributed by atoms with Crippen LogP contribution < -0.4 is 10.5 Å². The number of hydrogen-bond donors (Lipinski definition) is 2. The van der Waals surface area contributed by atoms with E-state index in [0.29, 0.717) is 11.3 Å². The molecule has 0 aromatic heterocycles. The van der Waals surface area contributed by atoms with Gasteiger partial charge in [0.1, 0.15) is 5.75 Å². The van der Waals surface area contributed by atoms with Gasteiger partial charge in [-0.15, -0.1) is 0 Å². The van der Waals surface area contributed by atoms with E-state index in [0.717, 1.165) is 6.07 Å². The van der Waals surface area contributed by atoms with E-state index in [1.54, 1.807) is 6.92 Å². The third-order valence-electron chi connectivity index (χ3n) is 1.78. The van der Waals surface area contributed by atoms with Crippen LogP contribution in [0.2, 0.25) is 0 Å². The second kappa shape index (κ2) is 3.47. The second-order valence-corrected chi connectivity index (χ2v) is 4.26. The summed E-state index contributed by atoms with van der Waals surface area (Å²) in [5, 5.41) is 0. The van der Waals surface area contributed by atoms with Gasteiger partial charge in [0.15, 0.2) is 0 Å². The highest BCUT2D eigenvalue weighted by Gasteiger charge is 2.14. The summed E-state index contributed by atoms with van der Waals surface area (Å²) in [6.07, 6.45) is 0. The van der Waals surface area contributed by atoms with Gasteiger partial charge in [-0.05, 0) is 24.6 Å². The van der Waals surface area contributed by atoms with Gasteiger partial charge < -0.3 is 10.5 Å². The first kappa shape index (κ1) is 10.8. The van der Waals surface area contributed by atoms with Crippen LogP contribution in [0.15, 0.2) is 17.0 Å². The van der Waals surface area contributed by atoms with Gasteiger partial charge in [-0.3, -0.25) is 4.55 Å². The maximum atomic E-state index is 10.8. The van der Waals surface area contributed by atoms with Gasteiger partial charge in [0, 0.05) is 0 Å². The summed E-state index contributed by atoms with van der Waals surface area (Å²) in [6, 6.07) is 2.45. The molecule has 0 atom stereocenters. The van der Waals surface area contributed by atoms with Gasteiger partial charge in [-0.25, -0.2) is 0 Å². The Hall–Kier alpha value is -1.27. The molecule has 0 unspecified atom stereocenters. The van der Waals surface area contributed by atoms with Crippen molar-refractivity contribution in [2.75, 3.05) is 12.8 Å². The first-order valence-electron chi connectivity index (χ1n) is 3.78. The van der Waals surface area contributed by atoms with Crippen molar-refractivity contribution in [3.8, 4) is 5.75 Å². The zero-order valence-corrected chi connectivity index (χ0v) is 8.63. The molecule has 3 N–H and O–H groups in total. The average molecular weight is 217 g/mol. The third kappa shape index (κ3) is 1.97. The number of nitrogen functional groups attached to an aromatic ring is 1. The molecule has 1 aromatic rings. The highest BCUT2D eigenvalue weighted by atomic mass is 32.2. The molecule has 0 aliphatic heterocycles. The number of benzene rings is 1. The molecule has 14 heavy (non-hydrogen) atoms. The Kier molecular flexibility index (Phi) is 2.68. The summed E-state index contributed by atoms with van der Waals surface area (Å²) in [4.78, 5) is -0.228. The SMILES string of the molecule is COc1c(C)cc(S(=O)(=O)O)cc1N. The van der Waals surface area contributed by atoms with Gasteiger partial charge in [-0.2, -0.15) is 8.42 Å². The lowest BCUT2D eigenvalue weighted by Gasteiger charge is -2.09. The van der Waals surface area contributed by atoms with Gasteiger partial charge >= 0.3 is 0 Å². The molecule has 0 radical (unpaired) electrons. The predicted octanol–water partition coefficient (Wildman–Crippen LogP) is 0.833. The number of nitrogens with two attached hydrogens (primary N) is 1.